The van der Waals surface area contributed by atoms with Crippen molar-refractivity contribution < 1.29 is 18.3 Å². The lowest BCUT2D eigenvalue weighted by molar-refractivity contribution is -0.193. The summed E-state index contributed by atoms with van der Waals surface area (Å²) in [4.78, 5) is 4.84. The van der Waals surface area contributed by atoms with Crippen LogP contribution >= 0.6 is 0 Å². The highest BCUT2D eigenvalue weighted by Gasteiger charge is 2.37. The van der Waals surface area contributed by atoms with Crippen LogP contribution in [-0.2, 0) is 9.47 Å². The molecule has 3 aliphatic rings. The molecule has 2 heterocycles. The van der Waals surface area contributed by atoms with Crippen LogP contribution in [0.5, 0.6) is 0 Å². The van der Waals surface area contributed by atoms with Crippen molar-refractivity contribution in [3.63, 3.8) is 0 Å². The normalized spacial score (nSPS) is 36.9. The minimum atomic E-state index is -2.66. The van der Waals surface area contributed by atoms with E-state index in [0.717, 1.165) is 58.7 Å². The van der Waals surface area contributed by atoms with Crippen molar-refractivity contribution in [3.05, 3.63) is 0 Å². The predicted molar refractivity (Wildman–Crippen MR) is 75.4 cm³/mol. The predicted octanol–water partition coefficient (Wildman–Crippen LogP) is 1.80. The number of ether oxygens (including phenoxy) is 2. The lowest BCUT2D eigenvalue weighted by Gasteiger charge is -2.47. The van der Waals surface area contributed by atoms with Crippen molar-refractivity contribution in [3.8, 4) is 0 Å². The molecule has 0 aromatic carbocycles. The highest BCUT2D eigenvalue weighted by atomic mass is 19.3. The number of halogens is 2. The van der Waals surface area contributed by atoms with E-state index in [2.05, 4.69) is 16.7 Å². The Bertz CT molecular complexity index is 332. The van der Waals surface area contributed by atoms with E-state index in [-0.39, 0.29) is 12.1 Å². The highest BCUT2D eigenvalue weighted by Crippen LogP contribution is 2.31. The van der Waals surface area contributed by atoms with Crippen LogP contribution in [0.4, 0.5) is 8.78 Å². The van der Waals surface area contributed by atoms with Gasteiger partial charge in [0.05, 0.1) is 25.4 Å². The summed E-state index contributed by atoms with van der Waals surface area (Å²) in [5, 5.41) is 0. The maximum Gasteiger partial charge on any atom is 0.345 e. The molecule has 2 saturated heterocycles. The molecule has 0 radical (unpaired) electrons. The zero-order chi connectivity index (χ0) is 14.8. The van der Waals surface area contributed by atoms with Crippen LogP contribution in [0.25, 0.3) is 0 Å². The van der Waals surface area contributed by atoms with E-state index < -0.39 is 6.61 Å². The third-order valence-electron chi connectivity index (χ3n) is 5.25. The van der Waals surface area contributed by atoms with Gasteiger partial charge in [0.2, 0.25) is 0 Å². The number of hydrogen-bond acceptors (Lipinski definition) is 4. The van der Waals surface area contributed by atoms with E-state index >= 15 is 0 Å². The second-order valence-electron chi connectivity index (χ2n) is 6.68. The third kappa shape index (κ3) is 3.73. The third-order valence-corrected chi connectivity index (χ3v) is 5.25. The fourth-order valence-electron chi connectivity index (χ4n) is 3.88. The lowest BCUT2D eigenvalue weighted by Crippen LogP contribution is -2.60. The van der Waals surface area contributed by atoms with Crippen LogP contribution in [-0.4, -0.2) is 74.0 Å². The van der Waals surface area contributed by atoms with Gasteiger partial charge in [0.15, 0.2) is 0 Å². The van der Waals surface area contributed by atoms with Crippen molar-refractivity contribution in [2.45, 2.75) is 51.0 Å². The Morgan fingerprint density at radius 1 is 1.05 bits per heavy atom. The Hall–Kier alpha value is -0.300. The molecule has 0 aromatic heterocycles. The first-order valence-electron chi connectivity index (χ1n) is 8.13. The molecule has 0 spiro atoms. The van der Waals surface area contributed by atoms with Gasteiger partial charge in [-0.3, -0.25) is 9.80 Å². The molecule has 1 aliphatic carbocycles. The maximum absolute atomic E-state index is 12.6. The maximum atomic E-state index is 12.6. The smallest absolute Gasteiger partial charge is 0.345 e. The summed E-state index contributed by atoms with van der Waals surface area (Å²) >= 11 is 0. The molecular weight excluding hydrogens is 278 g/mol. The van der Waals surface area contributed by atoms with Gasteiger partial charge in [-0.05, 0) is 25.2 Å². The van der Waals surface area contributed by atoms with Gasteiger partial charge in [-0.15, -0.1) is 0 Å². The molecule has 4 nitrogen and oxygen atoms in total. The Morgan fingerprint density at radius 2 is 1.71 bits per heavy atom. The molecule has 0 amide bonds. The van der Waals surface area contributed by atoms with E-state index in [1.54, 1.807) is 0 Å². The van der Waals surface area contributed by atoms with Crippen molar-refractivity contribution in [1.82, 2.24) is 9.80 Å². The van der Waals surface area contributed by atoms with E-state index in [1.165, 1.54) is 0 Å². The average Bonchev–Trinajstić information content (AvgIpc) is 2.37. The van der Waals surface area contributed by atoms with Gasteiger partial charge in [-0.2, -0.15) is 8.78 Å². The van der Waals surface area contributed by atoms with Gasteiger partial charge >= 0.3 is 6.61 Å². The first-order chi connectivity index (χ1) is 10.1. The molecule has 122 valence electrons. The number of piperazine rings is 1. The molecule has 0 bridgehead atoms. The zero-order valence-electron chi connectivity index (χ0n) is 12.7. The van der Waals surface area contributed by atoms with E-state index in [0.29, 0.717) is 12.0 Å². The monoisotopic (exact) mass is 304 g/mol. The largest absolute Gasteiger partial charge is 0.378 e. The molecule has 6 heteroatoms. The van der Waals surface area contributed by atoms with E-state index in [1.807, 2.05) is 0 Å². The minimum absolute atomic E-state index is 0.162. The van der Waals surface area contributed by atoms with Crippen LogP contribution < -0.4 is 0 Å². The summed E-state index contributed by atoms with van der Waals surface area (Å²) < 4.78 is 35.5. The van der Waals surface area contributed by atoms with Gasteiger partial charge in [-0.1, -0.05) is 6.92 Å². The van der Waals surface area contributed by atoms with E-state index in [4.69, 9.17) is 9.47 Å². The molecule has 1 saturated carbocycles. The molecule has 0 N–H and O–H groups in total. The summed E-state index contributed by atoms with van der Waals surface area (Å²) in [6.45, 7) is 5.11. The summed E-state index contributed by atoms with van der Waals surface area (Å²) in [7, 11) is 0. The van der Waals surface area contributed by atoms with Crippen molar-refractivity contribution in [1.29, 1.82) is 0 Å². The van der Waals surface area contributed by atoms with Crippen LogP contribution in [0.2, 0.25) is 0 Å². The highest BCUT2D eigenvalue weighted by molar-refractivity contribution is 4.90. The number of rotatable bonds is 4. The Labute approximate surface area is 125 Å². The molecule has 2 aliphatic heterocycles. The SMILES string of the molecule is CC1CCC(N2CCN(C3COC3)CC2)C(OC(F)F)C1. The molecule has 3 rings (SSSR count). The fourth-order valence-corrected chi connectivity index (χ4v) is 3.88. The van der Waals surface area contributed by atoms with Crippen LogP contribution in [0.1, 0.15) is 26.2 Å². The summed E-state index contributed by atoms with van der Waals surface area (Å²) in [5.74, 6) is 0.485. The summed E-state index contributed by atoms with van der Waals surface area (Å²) in [5.41, 5.74) is 0. The minimum Gasteiger partial charge on any atom is -0.378 e. The van der Waals surface area contributed by atoms with Gasteiger partial charge < -0.3 is 9.47 Å². The summed E-state index contributed by atoms with van der Waals surface area (Å²) in [6, 6.07) is 0.738. The van der Waals surface area contributed by atoms with Crippen LogP contribution in [0.3, 0.4) is 0 Å². The van der Waals surface area contributed by atoms with Crippen molar-refractivity contribution >= 4 is 0 Å². The molecule has 3 atom stereocenters. The molecule has 21 heavy (non-hydrogen) atoms. The summed E-state index contributed by atoms with van der Waals surface area (Å²) in [6.07, 6.45) is 2.54. The molecular formula is C15H26F2N2O2. The second kappa shape index (κ2) is 6.86. The van der Waals surface area contributed by atoms with Gasteiger partial charge in [0.1, 0.15) is 0 Å². The van der Waals surface area contributed by atoms with Gasteiger partial charge in [0.25, 0.3) is 0 Å². The van der Waals surface area contributed by atoms with Crippen LogP contribution in [0, 0.1) is 5.92 Å². The number of nitrogens with zero attached hydrogens (tertiary/aromatic N) is 2. The average molecular weight is 304 g/mol. The lowest BCUT2D eigenvalue weighted by atomic mass is 9.84. The van der Waals surface area contributed by atoms with Crippen molar-refractivity contribution in [2.24, 2.45) is 5.92 Å². The van der Waals surface area contributed by atoms with E-state index in [9.17, 15) is 8.78 Å². The second-order valence-corrected chi connectivity index (χ2v) is 6.68. The standard InChI is InChI=1S/C15H26F2N2O2/c1-11-2-3-13(14(8-11)21-15(16)17)19-6-4-18(5-7-19)12-9-20-10-12/h11-15H,2-10H2,1H3. The fraction of sp³-hybridized carbons (Fsp3) is 1.00. The zero-order valence-corrected chi connectivity index (χ0v) is 12.7. The first kappa shape index (κ1) is 15.6. The number of hydrogen-bond donors (Lipinski definition) is 0. The first-order valence-corrected chi connectivity index (χ1v) is 8.13. The van der Waals surface area contributed by atoms with Crippen molar-refractivity contribution in [2.75, 3.05) is 39.4 Å². The van der Waals surface area contributed by atoms with Gasteiger partial charge in [0, 0.05) is 32.2 Å². The Balaban J connectivity index is 1.54. The molecule has 3 fully saturated rings. The molecule has 0 aromatic rings. The van der Waals surface area contributed by atoms with Crippen LogP contribution in [0.15, 0.2) is 0 Å². The molecule has 3 unspecified atom stereocenters. The Kier molecular flexibility index (Phi) is 5.09. The topological polar surface area (TPSA) is 24.9 Å². The Morgan fingerprint density at radius 3 is 2.29 bits per heavy atom. The quantitative estimate of drug-likeness (QED) is 0.791. The number of alkyl halides is 2. The van der Waals surface area contributed by atoms with Gasteiger partial charge in [-0.25, -0.2) is 0 Å².